The Hall–Kier alpha value is 0. The van der Waals surface area contributed by atoms with E-state index in [1.807, 2.05) is 0 Å². The molecule has 12 heavy (non-hydrogen) atoms. The van der Waals surface area contributed by atoms with Crippen LogP contribution in [0.1, 0.15) is 66.2 Å². The van der Waals surface area contributed by atoms with Crippen molar-refractivity contribution in [2.24, 2.45) is 10.8 Å². The lowest BCUT2D eigenvalue weighted by atomic mass is 9.55. The van der Waals surface area contributed by atoms with Gasteiger partial charge in [0, 0.05) is 0 Å². The highest BCUT2D eigenvalue weighted by Crippen LogP contribution is 2.54. The van der Waals surface area contributed by atoms with Crippen LogP contribution in [0.25, 0.3) is 0 Å². The van der Waals surface area contributed by atoms with Gasteiger partial charge < -0.3 is 0 Å². The molecular weight excluding hydrogens is 144 g/mol. The fourth-order valence-corrected chi connectivity index (χ4v) is 2.84. The van der Waals surface area contributed by atoms with Gasteiger partial charge >= 0.3 is 0 Å². The number of hydrogen-bond donors (Lipinski definition) is 0. The summed E-state index contributed by atoms with van der Waals surface area (Å²) in [6, 6.07) is 0. The molecule has 2 atom stereocenters. The lowest BCUT2D eigenvalue weighted by Crippen LogP contribution is -2.39. The van der Waals surface area contributed by atoms with Crippen LogP contribution in [0, 0.1) is 10.8 Å². The van der Waals surface area contributed by atoms with Gasteiger partial charge in [-0.3, -0.25) is 0 Å². The van der Waals surface area contributed by atoms with Gasteiger partial charge in [0.05, 0.1) is 0 Å². The Balaban J connectivity index is 2.79. The minimum Gasteiger partial charge on any atom is -0.0648 e. The monoisotopic (exact) mass is 168 g/mol. The minimum atomic E-state index is 0.625. The molecule has 0 saturated heterocycles. The maximum absolute atomic E-state index is 2.50. The zero-order chi connectivity index (χ0) is 9.24. The highest BCUT2D eigenvalue weighted by molar-refractivity contribution is 4.93. The van der Waals surface area contributed by atoms with Gasteiger partial charge in [-0.15, -0.1) is 0 Å². The Kier molecular flexibility index (Phi) is 2.85. The van der Waals surface area contributed by atoms with E-state index in [1.54, 1.807) is 0 Å². The number of hydrogen-bond acceptors (Lipinski definition) is 0. The van der Waals surface area contributed by atoms with Crippen molar-refractivity contribution >= 4 is 0 Å². The van der Waals surface area contributed by atoms with Gasteiger partial charge in [-0.25, -0.2) is 0 Å². The average Bonchev–Trinajstić information content (AvgIpc) is 2.10. The van der Waals surface area contributed by atoms with Gasteiger partial charge in [0.15, 0.2) is 0 Å². The van der Waals surface area contributed by atoms with Crippen molar-refractivity contribution in [3.8, 4) is 0 Å². The molecule has 72 valence electrons. The van der Waals surface area contributed by atoms with E-state index in [-0.39, 0.29) is 0 Å². The van der Waals surface area contributed by atoms with Crippen molar-refractivity contribution in [3.05, 3.63) is 0 Å². The summed E-state index contributed by atoms with van der Waals surface area (Å²) in [6.45, 7) is 9.71. The van der Waals surface area contributed by atoms with Crippen molar-refractivity contribution in [3.63, 3.8) is 0 Å². The van der Waals surface area contributed by atoms with Crippen molar-refractivity contribution in [1.29, 1.82) is 0 Å². The summed E-state index contributed by atoms with van der Waals surface area (Å²) in [5.74, 6) is 0. The SMILES string of the molecule is CC[C@@]1(C)CCCC[C@]1(C)CC. The summed E-state index contributed by atoms with van der Waals surface area (Å²) in [6.07, 6.45) is 8.54. The molecule has 1 fully saturated rings. The molecule has 0 unspecified atom stereocenters. The average molecular weight is 168 g/mol. The molecular formula is C12H24. The van der Waals surface area contributed by atoms with E-state index in [2.05, 4.69) is 27.7 Å². The second-order valence-corrected chi connectivity index (χ2v) is 5.04. The molecule has 0 nitrogen and oxygen atoms in total. The lowest BCUT2D eigenvalue weighted by Gasteiger charge is -2.50. The van der Waals surface area contributed by atoms with E-state index in [0.29, 0.717) is 10.8 Å². The molecule has 0 aliphatic heterocycles. The van der Waals surface area contributed by atoms with Gasteiger partial charge in [0.2, 0.25) is 0 Å². The molecule has 0 amide bonds. The molecule has 0 heteroatoms. The maximum Gasteiger partial charge on any atom is -0.0275 e. The zero-order valence-corrected chi connectivity index (χ0v) is 9.24. The summed E-state index contributed by atoms with van der Waals surface area (Å²) in [5, 5.41) is 0. The van der Waals surface area contributed by atoms with E-state index >= 15 is 0 Å². The molecule has 0 aromatic heterocycles. The molecule has 0 N–H and O–H groups in total. The summed E-state index contributed by atoms with van der Waals surface area (Å²) in [5.41, 5.74) is 1.25. The van der Waals surface area contributed by atoms with Gasteiger partial charge in [-0.1, -0.05) is 53.4 Å². The largest absolute Gasteiger partial charge is 0.0648 e. The van der Waals surface area contributed by atoms with Crippen LogP contribution >= 0.6 is 0 Å². The third-order valence-electron chi connectivity index (χ3n) is 4.72. The fraction of sp³-hybridized carbons (Fsp3) is 1.00. The van der Waals surface area contributed by atoms with Crippen LogP contribution in [0.5, 0.6) is 0 Å². The van der Waals surface area contributed by atoms with E-state index in [0.717, 1.165) is 0 Å². The van der Waals surface area contributed by atoms with Crippen LogP contribution in [-0.2, 0) is 0 Å². The van der Waals surface area contributed by atoms with E-state index in [1.165, 1.54) is 38.5 Å². The predicted molar refractivity (Wildman–Crippen MR) is 55.3 cm³/mol. The fourth-order valence-electron chi connectivity index (χ4n) is 2.84. The summed E-state index contributed by atoms with van der Waals surface area (Å²) in [4.78, 5) is 0. The third kappa shape index (κ3) is 1.41. The summed E-state index contributed by atoms with van der Waals surface area (Å²) >= 11 is 0. The predicted octanol–water partition coefficient (Wildman–Crippen LogP) is 4.39. The van der Waals surface area contributed by atoms with Crippen LogP contribution in [0.2, 0.25) is 0 Å². The van der Waals surface area contributed by atoms with Gasteiger partial charge in [-0.05, 0) is 23.7 Å². The topological polar surface area (TPSA) is 0 Å². The van der Waals surface area contributed by atoms with Gasteiger partial charge in [-0.2, -0.15) is 0 Å². The van der Waals surface area contributed by atoms with Crippen molar-refractivity contribution in [1.82, 2.24) is 0 Å². The third-order valence-corrected chi connectivity index (χ3v) is 4.72. The molecule has 0 bridgehead atoms. The molecule has 1 rings (SSSR count). The molecule has 1 saturated carbocycles. The van der Waals surface area contributed by atoms with E-state index in [4.69, 9.17) is 0 Å². The Bertz CT molecular complexity index is 132. The smallest absolute Gasteiger partial charge is 0.0275 e. The molecule has 0 aromatic carbocycles. The first-order valence-corrected chi connectivity index (χ1v) is 5.58. The first-order valence-electron chi connectivity index (χ1n) is 5.58. The minimum absolute atomic E-state index is 0.625. The normalized spacial score (nSPS) is 43.0. The first-order chi connectivity index (χ1) is 5.58. The van der Waals surface area contributed by atoms with E-state index < -0.39 is 0 Å². The highest BCUT2D eigenvalue weighted by Gasteiger charge is 2.43. The zero-order valence-electron chi connectivity index (χ0n) is 9.24. The second kappa shape index (κ2) is 3.40. The molecule has 0 heterocycles. The Morgan fingerprint density at radius 3 is 1.42 bits per heavy atom. The molecule has 0 radical (unpaired) electrons. The Morgan fingerprint density at radius 2 is 1.17 bits per heavy atom. The first kappa shape index (κ1) is 10.1. The Morgan fingerprint density at radius 1 is 0.833 bits per heavy atom. The van der Waals surface area contributed by atoms with Crippen LogP contribution in [0.3, 0.4) is 0 Å². The van der Waals surface area contributed by atoms with Crippen molar-refractivity contribution in [2.45, 2.75) is 66.2 Å². The standard InChI is InChI=1S/C12H24/c1-5-11(3)9-7-8-10-12(11,4)6-2/h5-10H2,1-4H3/t11-,12-/m0/s1. The van der Waals surface area contributed by atoms with E-state index in [9.17, 15) is 0 Å². The van der Waals surface area contributed by atoms with Gasteiger partial charge in [0.25, 0.3) is 0 Å². The molecule has 1 aliphatic rings. The van der Waals surface area contributed by atoms with Crippen molar-refractivity contribution in [2.75, 3.05) is 0 Å². The number of rotatable bonds is 2. The maximum atomic E-state index is 2.50. The van der Waals surface area contributed by atoms with Crippen molar-refractivity contribution < 1.29 is 0 Å². The molecule has 1 aliphatic carbocycles. The quantitative estimate of drug-likeness (QED) is 0.573. The van der Waals surface area contributed by atoms with Crippen LogP contribution in [0.4, 0.5) is 0 Å². The molecule has 0 aromatic rings. The Labute approximate surface area is 77.7 Å². The summed E-state index contributed by atoms with van der Waals surface area (Å²) in [7, 11) is 0. The molecule has 0 spiro atoms. The van der Waals surface area contributed by atoms with Gasteiger partial charge in [0.1, 0.15) is 0 Å². The lowest BCUT2D eigenvalue weighted by molar-refractivity contribution is 0.00896. The van der Waals surface area contributed by atoms with Crippen LogP contribution in [0.15, 0.2) is 0 Å². The second-order valence-electron chi connectivity index (χ2n) is 5.04. The summed E-state index contributed by atoms with van der Waals surface area (Å²) < 4.78 is 0. The highest BCUT2D eigenvalue weighted by atomic mass is 14.5. The van der Waals surface area contributed by atoms with Crippen LogP contribution in [-0.4, -0.2) is 0 Å². The van der Waals surface area contributed by atoms with Crippen LogP contribution < -0.4 is 0 Å².